The Morgan fingerprint density at radius 1 is 0.913 bits per heavy atom. The number of sulfone groups is 1. The van der Waals surface area contributed by atoms with Gasteiger partial charge in [0, 0.05) is 5.56 Å². The minimum absolute atomic E-state index is 0.0989. The van der Waals surface area contributed by atoms with Crippen LogP contribution in [0, 0.1) is 0 Å². The zero-order chi connectivity index (χ0) is 17.5. The van der Waals surface area contributed by atoms with Crippen LogP contribution in [-0.4, -0.2) is 24.7 Å². The van der Waals surface area contributed by atoms with Gasteiger partial charge < -0.3 is 0 Å². The first-order valence-corrected chi connectivity index (χ1v) is 10.1. The maximum absolute atomic E-state index is 12.0. The fourth-order valence-corrected chi connectivity index (χ4v) is 3.56. The summed E-state index contributed by atoms with van der Waals surface area (Å²) < 4.78 is 23.3. The Hall–Kier alpha value is -1.16. The highest BCUT2D eigenvalue weighted by atomic mass is 32.2. The van der Waals surface area contributed by atoms with E-state index in [1.165, 1.54) is 5.56 Å². The van der Waals surface area contributed by atoms with Crippen LogP contribution in [0.25, 0.3) is 0 Å². The minimum Gasteiger partial charge on any atom is -0.295 e. The van der Waals surface area contributed by atoms with E-state index in [0.717, 1.165) is 44.1 Å². The third kappa shape index (κ3) is 6.86. The Balaban J connectivity index is 2.18. The number of benzene rings is 1. The summed E-state index contributed by atoms with van der Waals surface area (Å²) in [6.07, 6.45) is 6.03. The summed E-state index contributed by atoms with van der Waals surface area (Å²) >= 11 is 0. The molecular weight excluding hydrogens is 308 g/mol. The molecule has 0 bridgehead atoms. The first-order valence-electron chi connectivity index (χ1n) is 8.46. The number of ketones is 1. The van der Waals surface area contributed by atoms with Gasteiger partial charge >= 0.3 is 0 Å². The molecule has 23 heavy (non-hydrogen) atoms. The molecule has 0 fully saturated rings. The first-order chi connectivity index (χ1) is 10.6. The first kappa shape index (κ1) is 19.9. The van der Waals surface area contributed by atoms with Gasteiger partial charge in [-0.3, -0.25) is 4.79 Å². The molecule has 0 aliphatic rings. The molecular formula is C19H30O3S. The fourth-order valence-electron chi connectivity index (χ4n) is 2.36. The van der Waals surface area contributed by atoms with E-state index < -0.39 is 14.6 Å². The zero-order valence-corrected chi connectivity index (χ0v) is 15.7. The van der Waals surface area contributed by atoms with Gasteiger partial charge in [-0.2, -0.15) is 0 Å². The van der Waals surface area contributed by atoms with E-state index in [9.17, 15) is 13.2 Å². The molecule has 0 aliphatic carbocycles. The molecule has 0 radical (unpaired) electrons. The second-order valence-corrected chi connectivity index (χ2v) is 10.1. The van der Waals surface area contributed by atoms with E-state index in [1.54, 1.807) is 27.7 Å². The molecule has 0 N–H and O–H groups in total. The Bertz CT molecular complexity index is 592. The Morgan fingerprint density at radius 3 is 1.96 bits per heavy atom. The highest BCUT2D eigenvalue weighted by Gasteiger charge is 2.27. The minimum atomic E-state index is -2.97. The van der Waals surface area contributed by atoms with Gasteiger partial charge in [0.2, 0.25) is 0 Å². The smallest absolute Gasteiger partial charge is 0.159 e. The van der Waals surface area contributed by atoms with Gasteiger partial charge in [0.05, 0.1) is 10.5 Å². The van der Waals surface area contributed by atoms with Crippen molar-refractivity contribution in [2.24, 2.45) is 0 Å². The van der Waals surface area contributed by atoms with Crippen molar-refractivity contribution in [1.29, 1.82) is 0 Å². The molecule has 1 aromatic carbocycles. The second kappa shape index (κ2) is 8.62. The van der Waals surface area contributed by atoms with Crippen molar-refractivity contribution in [2.45, 2.75) is 71.0 Å². The summed E-state index contributed by atoms with van der Waals surface area (Å²) in [7, 11) is -2.97. The molecule has 0 spiro atoms. The van der Waals surface area contributed by atoms with E-state index in [1.807, 2.05) is 24.3 Å². The molecule has 4 heteroatoms. The lowest BCUT2D eigenvalue weighted by atomic mass is 10.0. The van der Waals surface area contributed by atoms with Crippen LogP contribution in [0.5, 0.6) is 0 Å². The Kier molecular flexibility index (Phi) is 7.46. The van der Waals surface area contributed by atoms with Gasteiger partial charge in [0.1, 0.15) is 0 Å². The fraction of sp³-hybridized carbons (Fsp3) is 0.632. The molecule has 0 aromatic heterocycles. The van der Waals surface area contributed by atoms with Crippen molar-refractivity contribution in [3.63, 3.8) is 0 Å². The summed E-state index contributed by atoms with van der Waals surface area (Å²) in [5.41, 5.74) is 2.01. The molecule has 0 unspecified atom stereocenters. The highest BCUT2D eigenvalue weighted by molar-refractivity contribution is 7.92. The maximum atomic E-state index is 12.0. The van der Waals surface area contributed by atoms with Crippen molar-refractivity contribution < 1.29 is 13.2 Å². The van der Waals surface area contributed by atoms with Crippen molar-refractivity contribution in [3.05, 3.63) is 35.4 Å². The predicted octanol–water partition coefficient (Wildman–Crippen LogP) is 4.60. The number of Topliss-reactive ketones (excluding diaryl/α,β-unsaturated/α-hetero) is 1. The van der Waals surface area contributed by atoms with E-state index >= 15 is 0 Å². The summed E-state index contributed by atoms with van der Waals surface area (Å²) in [4.78, 5) is 11.2. The van der Waals surface area contributed by atoms with Gasteiger partial charge in [-0.25, -0.2) is 8.42 Å². The van der Waals surface area contributed by atoms with Crippen LogP contribution in [0.15, 0.2) is 24.3 Å². The molecule has 0 heterocycles. The van der Waals surface area contributed by atoms with Gasteiger partial charge in [-0.05, 0) is 52.5 Å². The molecule has 3 nitrogen and oxygen atoms in total. The molecule has 0 atom stereocenters. The summed E-state index contributed by atoms with van der Waals surface area (Å²) in [6.45, 7) is 6.87. The third-order valence-electron chi connectivity index (χ3n) is 4.17. The number of hydrogen-bond acceptors (Lipinski definition) is 3. The van der Waals surface area contributed by atoms with E-state index in [4.69, 9.17) is 0 Å². The van der Waals surface area contributed by atoms with Crippen LogP contribution in [0.4, 0.5) is 0 Å². The molecule has 130 valence electrons. The molecule has 0 aliphatic heterocycles. The molecule has 1 aromatic rings. The van der Waals surface area contributed by atoms with Gasteiger partial charge in [-0.15, -0.1) is 0 Å². The number of unbranched alkanes of at least 4 members (excludes halogenated alkanes) is 4. The Morgan fingerprint density at radius 2 is 1.43 bits per heavy atom. The molecule has 0 saturated heterocycles. The summed E-state index contributed by atoms with van der Waals surface area (Å²) in [6, 6.07) is 7.81. The van der Waals surface area contributed by atoms with Crippen LogP contribution in [0.1, 0.15) is 75.7 Å². The number of carbonyl (C=O) groups excluding carboxylic acids is 1. The van der Waals surface area contributed by atoms with E-state index in [-0.39, 0.29) is 5.78 Å². The van der Waals surface area contributed by atoms with Crippen LogP contribution in [0.2, 0.25) is 0 Å². The Labute approximate surface area is 141 Å². The predicted molar refractivity (Wildman–Crippen MR) is 96.8 cm³/mol. The van der Waals surface area contributed by atoms with Gasteiger partial charge in [0.15, 0.2) is 15.6 Å². The van der Waals surface area contributed by atoms with Gasteiger partial charge in [-0.1, -0.05) is 43.5 Å². The third-order valence-corrected chi connectivity index (χ3v) is 6.86. The number of aryl methyl sites for hydroxylation is 1. The van der Waals surface area contributed by atoms with Crippen molar-refractivity contribution in [3.8, 4) is 0 Å². The maximum Gasteiger partial charge on any atom is 0.159 e. The standard InChI is InChI=1S/C19H30O3S/c1-16(20)18-13-11-17(12-14-18)10-8-6-5-7-9-15-23(21,22)19(2,3)4/h11-14H,5-10,15H2,1-4H3. The SMILES string of the molecule is CC(=O)c1ccc(CCCCCCCS(=O)(=O)C(C)(C)C)cc1. The largest absolute Gasteiger partial charge is 0.295 e. The number of hydrogen-bond donors (Lipinski definition) is 0. The average Bonchev–Trinajstić information content (AvgIpc) is 2.45. The monoisotopic (exact) mass is 338 g/mol. The number of rotatable bonds is 9. The molecule has 0 saturated carbocycles. The van der Waals surface area contributed by atoms with Crippen molar-refractivity contribution in [1.82, 2.24) is 0 Å². The van der Waals surface area contributed by atoms with Crippen LogP contribution in [0.3, 0.4) is 0 Å². The average molecular weight is 339 g/mol. The normalized spacial score (nSPS) is 12.3. The van der Waals surface area contributed by atoms with Crippen LogP contribution >= 0.6 is 0 Å². The van der Waals surface area contributed by atoms with Crippen molar-refractivity contribution >= 4 is 15.6 Å². The zero-order valence-electron chi connectivity index (χ0n) is 14.9. The van der Waals surface area contributed by atoms with Crippen molar-refractivity contribution in [2.75, 3.05) is 5.75 Å². The summed E-state index contributed by atoms with van der Waals surface area (Å²) in [5.74, 6) is 0.394. The lowest BCUT2D eigenvalue weighted by Gasteiger charge is -2.18. The quantitative estimate of drug-likeness (QED) is 0.488. The molecule has 0 amide bonds. The van der Waals surface area contributed by atoms with E-state index in [0.29, 0.717) is 5.75 Å². The number of carbonyl (C=O) groups is 1. The lowest BCUT2D eigenvalue weighted by molar-refractivity contribution is 0.101. The summed E-state index contributed by atoms with van der Waals surface area (Å²) in [5, 5.41) is 0. The van der Waals surface area contributed by atoms with Crippen LogP contribution in [-0.2, 0) is 16.3 Å². The highest BCUT2D eigenvalue weighted by Crippen LogP contribution is 2.18. The van der Waals surface area contributed by atoms with E-state index in [2.05, 4.69) is 0 Å². The lowest BCUT2D eigenvalue weighted by Crippen LogP contribution is -2.30. The van der Waals surface area contributed by atoms with Gasteiger partial charge in [0.25, 0.3) is 0 Å². The second-order valence-electron chi connectivity index (χ2n) is 7.20. The topological polar surface area (TPSA) is 51.2 Å². The van der Waals surface area contributed by atoms with Crippen LogP contribution < -0.4 is 0 Å². The molecule has 1 rings (SSSR count).